The van der Waals surface area contributed by atoms with E-state index in [1.54, 1.807) is 0 Å². The zero-order valence-electron chi connectivity index (χ0n) is 12.4. The van der Waals surface area contributed by atoms with Crippen LogP contribution >= 0.6 is 11.6 Å². The fourth-order valence-corrected chi connectivity index (χ4v) is 3.25. The number of nitrogens with one attached hydrogen (secondary N) is 1. The maximum Gasteiger partial charge on any atom is 0.0468 e. The molecule has 1 N–H and O–H groups in total. The normalized spacial score (nSPS) is 18.1. The summed E-state index contributed by atoms with van der Waals surface area (Å²) < 4.78 is 5.46. The molecule has 20 heavy (non-hydrogen) atoms. The number of hydrogen-bond donors (Lipinski definition) is 1. The van der Waals surface area contributed by atoms with E-state index < -0.39 is 0 Å². The first-order chi connectivity index (χ1) is 9.78. The molecule has 112 valence electrons. The average molecular weight is 296 g/mol. The minimum absolute atomic E-state index is 0.691. The van der Waals surface area contributed by atoms with Gasteiger partial charge in [0.15, 0.2) is 0 Å². The Morgan fingerprint density at radius 1 is 1.35 bits per heavy atom. The molecule has 0 saturated carbocycles. The third kappa shape index (κ3) is 5.43. The molecule has 0 bridgehead atoms. The van der Waals surface area contributed by atoms with Crippen molar-refractivity contribution in [3.05, 3.63) is 34.9 Å². The van der Waals surface area contributed by atoms with E-state index in [1.165, 1.54) is 24.8 Å². The lowest BCUT2D eigenvalue weighted by molar-refractivity contribution is 0.0585. The zero-order chi connectivity index (χ0) is 14.2. The Morgan fingerprint density at radius 3 is 2.85 bits per heavy atom. The van der Waals surface area contributed by atoms with Crippen LogP contribution in [0.2, 0.25) is 5.02 Å². The summed E-state index contributed by atoms with van der Waals surface area (Å²) in [5.74, 6) is 1.52. The Bertz CT molecular complexity index is 390. The van der Waals surface area contributed by atoms with Crippen LogP contribution in [0.3, 0.4) is 0 Å². The summed E-state index contributed by atoms with van der Waals surface area (Å²) in [5.41, 5.74) is 1.35. The summed E-state index contributed by atoms with van der Waals surface area (Å²) in [6.45, 7) is 6.19. The summed E-state index contributed by atoms with van der Waals surface area (Å²) in [6, 6.07) is 8.29. The van der Waals surface area contributed by atoms with Crippen LogP contribution in [0, 0.1) is 11.8 Å². The molecule has 1 aliphatic rings. The molecule has 1 aromatic rings. The summed E-state index contributed by atoms with van der Waals surface area (Å²) in [4.78, 5) is 0. The van der Waals surface area contributed by atoms with Gasteiger partial charge in [-0.15, -0.1) is 0 Å². The second kappa shape index (κ2) is 8.66. The van der Waals surface area contributed by atoms with Crippen LogP contribution in [-0.4, -0.2) is 26.3 Å². The van der Waals surface area contributed by atoms with E-state index in [1.807, 2.05) is 6.07 Å². The van der Waals surface area contributed by atoms with Crippen LogP contribution < -0.4 is 5.32 Å². The number of rotatable bonds is 7. The summed E-state index contributed by atoms with van der Waals surface area (Å²) in [5, 5.41) is 4.35. The van der Waals surface area contributed by atoms with Crippen LogP contribution in [0.4, 0.5) is 0 Å². The Labute approximate surface area is 127 Å². The maximum atomic E-state index is 6.09. The van der Waals surface area contributed by atoms with Gasteiger partial charge in [-0.25, -0.2) is 0 Å². The summed E-state index contributed by atoms with van der Waals surface area (Å²) >= 11 is 6.09. The Hall–Kier alpha value is -0.570. The largest absolute Gasteiger partial charge is 0.381 e. The van der Waals surface area contributed by atoms with Gasteiger partial charge in [0, 0.05) is 18.2 Å². The molecular weight excluding hydrogens is 270 g/mol. The van der Waals surface area contributed by atoms with E-state index in [0.29, 0.717) is 5.92 Å². The molecule has 3 heteroatoms. The summed E-state index contributed by atoms with van der Waals surface area (Å²) in [6.07, 6.45) is 4.85. The lowest BCUT2D eigenvalue weighted by Crippen LogP contribution is -2.27. The topological polar surface area (TPSA) is 21.3 Å². The molecule has 1 heterocycles. The number of ether oxygens (including phenoxy) is 1. The lowest BCUT2D eigenvalue weighted by atomic mass is 9.85. The fraction of sp³-hybridized carbons (Fsp3) is 0.647. The number of halogens is 1. The first-order valence-corrected chi connectivity index (χ1v) is 8.18. The first-order valence-electron chi connectivity index (χ1n) is 7.80. The van der Waals surface area contributed by atoms with Crippen LogP contribution in [0.25, 0.3) is 0 Å². The van der Waals surface area contributed by atoms with Crippen molar-refractivity contribution in [1.82, 2.24) is 5.32 Å². The van der Waals surface area contributed by atoms with Crippen molar-refractivity contribution in [2.24, 2.45) is 11.8 Å². The van der Waals surface area contributed by atoms with Gasteiger partial charge in [0.2, 0.25) is 0 Å². The monoisotopic (exact) mass is 295 g/mol. The van der Waals surface area contributed by atoms with E-state index in [0.717, 1.165) is 43.7 Å². The second-order valence-electron chi connectivity index (χ2n) is 5.80. The van der Waals surface area contributed by atoms with Gasteiger partial charge in [-0.2, -0.15) is 0 Å². The van der Waals surface area contributed by atoms with Gasteiger partial charge in [-0.05, 0) is 68.3 Å². The second-order valence-corrected chi connectivity index (χ2v) is 6.24. The Morgan fingerprint density at radius 2 is 2.15 bits per heavy atom. The molecule has 1 aromatic carbocycles. The quantitative estimate of drug-likeness (QED) is 0.823. The van der Waals surface area contributed by atoms with E-state index in [2.05, 4.69) is 30.4 Å². The Kier molecular flexibility index (Phi) is 6.85. The van der Waals surface area contributed by atoms with Crippen molar-refractivity contribution in [2.45, 2.75) is 32.6 Å². The van der Waals surface area contributed by atoms with Gasteiger partial charge in [0.1, 0.15) is 0 Å². The van der Waals surface area contributed by atoms with Gasteiger partial charge in [0.25, 0.3) is 0 Å². The number of benzene rings is 1. The van der Waals surface area contributed by atoms with Gasteiger partial charge >= 0.3 is 0 Å². The zero-order valence-corrected chi connectivity index (χ0v) is 13.2. The average Bonchev–Trinajstić information content (AvgIpc) is 2.46. The van der Waals surface area contributed by atoms with Crippen molar-refractivity contribution in [3.63, 3.8) is 0 Å². The maximum absolute atomic E-state index is 6.09. The van der Waals surface area contributed by atoms with E-state index in [-0.39, 0.29) is 0 Å². The third-order valence-corrected chi connectivity index (χ3v) is 4.34. The SMILES string of the molecule is CCNCC(Cc1cccc(Cl)c1)CC1CCOCC1. The van der Waals surface area contributed by atoms with Crippen molar-refractivity contribution in [3.8, 4) is 0 Å². The first kappa shape index (κ1) is 15.8. The molecule has 1 aliphatic heterocycles. The van der Waals surface area contributed by atoms with Crippen LogP contribution in [0.15, 0.2) is 24.3 Å². The molecule has 1 atom stereocenters. The smallest absolute Gasteiger partial charge is 0.0468 e. The molecule has 0 spiro atoms. The molecule has 2 nitrogen and oxygen atoms in total. The van der Waals surface area contributed by atoms with Crippen molar-refractivity contribution in [1.29, 1.82) is 0 Å². The third-order valence-electron chi connectivity index (χ3n) is 4.10. The molecular formula is C17H26ClNO. The molecule has 0 aliphatic carbocycles. The molecule has 0 radical (unpaired) electrons. The summed E-state index contributed by atoms with van der Waals surface area (Å²) in [7, 11) is 0. The molecule has 1 fully saturated rings. The number of hydrogen-bond acceptors (Lipinski definition) is 2. The van der Waals surface area contributed by atoms with Gasteiger partial charge in [0.05, 0.1) is 0 Å². The molecule has 0 aromatic heterocycles. The van der Waals surface area contributed by atoms with E-state index in [4.69, 9.17) is 16.3 Å². The predicted octanol–water partition coefficient (Wildman–Crippen LogP) is 3.92. The van der Waals surface area contributed by atoms with Crippen molar-refractivity contribution in [2.75, 3.05) is 26.3 Å². The van der Waals surface area contributed by atoms with Crippen LogP contribution in [-0.2, 0) is 11.2 Å². The molecule has 2 rings (SSSR count). The highest BCUT2D eigenvalue weighted by Gasteiger charge is 2.19. The molecule has 0 amide bonds. The van der Waals surface area contributed by atoms with Crippen molar-refractivity contribution < 1.29 is 4.74 Å². The fourth-order valence-electron chi connectivity index (χ4n) is 3.04. The van der Waals surface area contributed by atoms with E-state index in [9.17, 15) is 0 Å². The lowest BCUT2D eigenvalue weighted by Gasteiger charge is -2.27. The Balaban J connectivity index is 1.91. The highest BCUT2D eigenvalue weighted by molar-refractivity contribution is 6.30. The van der Waals surface area contributed by atoms with Gasteiger partial charge in [-0.1, -0.05) is 30.7 Å². The van der Waals surface area contributed by atoms with Crippen LogP contribution in [0.1, 0.15) is 31.7 Å². The molecule has 1 saturated heterocycles. The molecule has 1 unspecified atom stereocenters. The minimum Gasteiger partial charge on any atom is -0.381 e. The standard InChI is InChI=1S/C17H26ClNO/c1-2-19-13-16(10-14-6-8-20-9-7-14)11-15-4-3-5-17(18)12-15/h3-5,12,14,16,19H,2,6-11,13H2,1H3. The van der Waals surface area contributed by atoms with Crippen molar-refractivity contribution >= 4 is 11.6 Å². The van der Waals surface area contributed by atoms with Gasteiger partial charge < -0.3 is 10.1 Å². The minimum atomic E-state index is 0.691. The highest BCUT2D eigenvalue weighted by Crippen LogP contribution is 2.25. The van der Waals surface area contributed by atoms with Crippen LogP contribution in [0.5, 0.6) is 0 Å². The van der Waals surface area contributed by atoms with E-state index >= 15 is 0 Å². The van der Waals surface area contributed by atoms with Gasteiger partial charge in [-0.3, -0.25) is 0 Å². The highest BCUT2D eigenvalue weighted by atomic mass is 35.5. The predicted molar refractivity (Wildman–Crippen MR) is 85.3 cm³/mol.